The summed E-state index contributed by atoms with van der Waals surface area (Å²) < 4.78 is 5.12. The predicted octanol–water partition coefficient (Wildman–Crippen LogP) is -0.685. The van der Waals surface area contributed by atoms with Crippen LogP contribution in [-0.2, 0) is 4.74 Å². The molecule has 1 unspecified atom stereocenters. The zero-order chi connectivity index (χ0) is 5.82. The molecule has 0 saturated carbocycles. The van der Waals surface area contributed by atoms with Gasteiger partial charge in [-0.15, -0.1) is 0 Å². The van der Waals surface area contributed by atoms with Gasteiger partial charge in [-0.1, -0.05) is 0 Å². The Kier molecular flexibility index (Phi) is 2.27. The molecule has 0 spiro atoms. The number of hydrogen-bond donors (Lipinski definition) is 2. The van der Waals surface area contributed by atoms with Crippen molar-refractivity contribution >= 4 is 0 Å². The number of nitrogens with one attached hydrogen (secondary N) is 1. The average molecular weight is 117 g/mol. The molecule has 48 valence electrons. The first-order valence-electron chi connectivity index (χ1n) is 2.89. The van der Waals surface area contributed by atoms with Crippen molar-refractivity contribution in [3.8, 4) is 0 Å². The fraction of sp³-hybridized carbons (Fsp3) is 1.00. The van der Waals surface area contributed by atoms with Gasteiger partial charge in [0.05, 0.1) is 6.61 Å². The molecule has 1 rings (SSSR count). The van der Waals surface area contributed by atoms with E-state index in [1.54, 1.807) is 0 Å². The van der Waals surface area contributed by atoms with Crippen LogP contribution in [0, 0.1) is 0 Å². The predicted molar refractivity (Wildman–Crippen MR) is 29.4 cm³/mol. The lowest BCUT2D eigenvalue weighted by Gasteiger charge is -2.05. The number of ether oxygens (including phenoxy) is 1. The van der Waals surface area contributed by atoms with Gasteiger partial charge in [0.2, 0.25) is 0 Å². The standard InChI is InChI=1S/C5H11NO2/c7-3-1-5-6-2-4-8-5/h5-7H,1-4H2. The maximum atomic E-state index is 8.41. The number of rotatable bonds is 2. The SMILES string of the molecule is OCCC1NCCO1. The highest BCUT2D eigenvalue weighted by atomic mass is 16.5. The summed E-state index contributed by atoms with van der Waals surface area (Å²) in [5.74, 6) is 0. The molecule has 1 saturated heterocycles. The Balaban J connectivity index is 2.06. The van der Waals surface area contributed by atoms with Crippen LogP contribution < -0.4 is 5.32 Å². The maximum Gasteiger partial charge on any atom is 0.110 e. The molecule has 0 aromatic carbocycles. The van der Waals surface area contributed by atoms with Crippen LogP contribution in [-0.4, -0.2) is 31.1 Å². The van der Waals surface area contributed by atoms with E-state index in [0.717, 1.165) is 13.2 Å². The number of hydrogen-bond acceptors (Lipinski definition) is 3. The number of aliphatic hydroxyl groups excluding tert-OH is 1. The monoisotopic (exact) mass is 117 g/mol. The minimum atomic E-state index is 0.111. The van der Waals surface area contributed by atoms with Gasteiger partial charge in [-0.25, -0.2) is 0 Å². The first kappa shape index (κ1) is 6.01. The van der Waals surface area contributed by atoms with E-state index in [2.05, 4.69) is 5.32 Å². The van der Waals surface area contributed by atoms with E-state index >= 15 is 0 Å². The minimum Gasteiger partial charge on any atom is -0.396 e. The third-order valence-corrected chi connectivity index (χ3v) is 1.18. The number of aliphatic hydroxyl groups is 1. The van der Waals surface area contributed by atoms with Crippen LogP contribution in [0.3, 0.4) is 0 Å². The molecule has 3 heteroatoms. The van der Waals surface area contributed by atoms with Crippen LogP contribution in [0.5, 0.6) is 0 Å². The molecule has 8 heavy (non-hydrogen) atoms. The highest BCUT2D eigenvalue weighted by molar-refractivity contribution is 4.61. The van der Waals surface area contributed by atoms with Crippen molar-refractivity contribution in [2.24, 2.45) is 0 Å². The van der Waals surface area contributed by atoms with Crippen molar-refractivity contribution < 1.29 is 9.84 Å². The average Bonchev–Trinajstić information content (AvgIpc) is 2.19. The Bertz CT molecular complexity index is 61.4. The molecule has 0 aliphatic carbocycles. The Morgan fingerprint density at radius 2 is 2.62 bits per heavy atom. The van der Waals surface area contributed by atoms with Crippen molar-refractivity contribution in [3.05, 3.63) is 0 Å². The van der Waals surface area contributed by atoms with Crippen LogP contribution >= 0.6 is 0 Å². The van der Waals surface area contributed by atoms with Crippen molar-refractivity contribution in [2.45, 2.75) is 12.6 Å². The topological polar surface area (TPSA) is 41.5 Å². The smallest absolute Gasteiger partial charge is 0.110 e. The molecule has 0 bridgehead atoms. The van der Waals surface area contributed by atoms with E-state index < -0.39 is 0 Å². The van der Waals surface area contributed by atoms with E-state index in [4.69, 9.17) is 9.84 Å². The normalized spacial score (nSPS) is 28.9. The summed E-state index contributed by atoms with van der Waals surface area (Å²) in [4.78, 5) is 0. The zero-order valence-electron chi connectivity index (χ0n) is 4.76. The second kappa shape index (κ2) is 3.02. The quantitative estimate of drug-likeness (QED) is 0.503. The van der Waals surface area contributed by atoms with Gasteiger partial charge >= 0.3 is 0 Å². The molecular weight excluding hydrogens is 106 g/mol. The van der Waals surface area contributed by atoms with Crippen LogP contribution in [0.4, 0.5) is 0 Å². The summed E-state index contributed by atoms with van der Waals surface area (Å²) >= 11 is 0. The summed E-state index contributed by atoms with van der Waals surface area (Å²) in [7, 11) is 0. The van der Waals surface area contributed by atoms with E-state index in [0.29, 0.717) is 6.42 Å². The Hall–Kier alpha value is -0.120. The Morgan fingerprint density at radius 1 is 1.75 bits per heavy atom. The minimum absolute atomic E-state index is 0.111. The van der Waals surface area contributed by atoms with Gasteiger partial charge in [-0.2, -0.15) is 0 Å². The molecular formula is C5H11NO2. The highest BCUT2D eigenvalue weighted by Gasteiger charge is 2.11. The molecule has 1 fully saturated rings. The molecule has 0 radical (unpaired) electrons. The molecule has 1 aliphatic heterocycles. The highest BCUT2D eigenvalue weighted by Crippen LogP contribution is 1.97. The summed E-state index contributed by atoms with van der Waals surface area (Å²) in [5.41, 5.74) is 0. The van der Waals surface area contributed by atoms with Crippen LogP contribution in [0.15, 0.2) is 0 Å². The fourth-order valence-corrected chi connectivity index (χ4v) is 0.783. The summed E-state index contributed by atoms with van der Waals surface area (Å²) in [5, 5.41) is 11.5. The lowest BCUT2D eigenvalue weighted by molar-refractivity contribution is 0.0773. The zero-order valence-corrected chi connectivity index (χ0v) is 4.76. The largest absolute Gasteiger partial charge is 0.396 e. The fourth-order valence-electron chi connectivity index (χ4n) is 0.783. The molecule has 2 N–H and O–H groups in total. The van der Waals surface area contributed by atoms with Gasteiger partial charge < -0.3 is 9.84 Å². The van der Waals surface area contributed by atoms with E-state index in [-0.39, 0.29) is 12.8 Å². The molecule has 0 aromatic rings. The van der Waals surface area contributed by atoms with Crippen LogP contribution in [0.25, 0.3) is 0 Å². The molecule has 0 aromatic heterocycles. The summed E-state index contributed by atoms with van der Waals surface area (Å²) in [6.45, 7) is 1.91. The van der Waals surface area contributed by atoms with Gasteiger partial charge in [0, 0.05) is 19.6 Å². The van der Waals surface area contributed by atoms with Crippen molar-refractivity contribution in [1.82, 2.24) is 5.32 Å². The second-order valence-electron chi connectivity index (χ2n) is 1.83. The van der Waals surface area contributed by atoms with Gasteiger partial charge in [-0.3, -0.25) is 5.32 Å². The molecule has 1 heterocycles. The van der Waals surface area contributed by atoms with Crippen molar-refractivity contribution in [2.75, 3.05) is 19.8 Å². The van der Waals surface area contributed by atoms with Crippen LogP contribution in [0.1, 0.15) is 6.42 Å². The molecule has 1 atom stereocenters. The van der Waals surface area contributed by atoms with Crippen LogP contribution in [0.2, 0.25) is 0 Å². The molecule has 0 amide bonds. The van der Waals surface area contributed by atoms with Gasteiger partial charge in [-0.05, 0) is 0 Å². The lowest BCUT2D eigenvalue weighted by atomic mass is 10.4. The molecule has 3 nitrogen and oxygen atoms in total. The Morgan fingerprint density at radius 3 is 3.12 bits per heavy atom. The summed E-state index contributed by atoms with van der Waals surface area (Å²) in [6.07, 6.45) is 0.819. The lowest BCUT2D eigenvalue weighted by Crippen LogP contribution is -2.23. The summed E-state index contributed by atoms with van der Waals surface area (Å²) in [6, 6.07) is 0. The van der Waals surface area contributed by atoms with Gasteiger partial charge in [0.25, 0.3) is 0 Å². The third-order valence-electron chi connectivity index (χ3n) is 1.18. The first-order valence-corrected chi connectivity index (χ1v) is 2.89. The van der Waals surface area contributed by atoms with E-state index in [1.165, 1.54) is 0 Å². The van der Waals surface area contributed by atoms with Crippen molar-refractivity contribution in [3.63, 3.8) is 0 Å². The second-order valence-corrected chi connectivity index (χ2v) is 1.83. The van der Waals surface area contributed by atoms with E-state index in [9.17, 15) is 0 Å². The Labute approximate surface area is 48.7 Å². The first-order chi connectivity index (χ1) is 3.93. The van der Waals surface area contributed by atoms with Gasteiger partial charge in [0.1, 0.15) is 6.23 Å². The molecule has 1 aliphatic rings. The maximum absolute atomic E-state index is 8.41. The van der Waals surface area contributed by atoms with Gasteiger partial charge in [0.15, 0.2) is 0 Å². The third kappa shape index (κ3) is 1.43. The van der Waals surface area contributed by atoms with E-state index in [1.807, 2.05) is 0 Å². The van der Waals surface area contributed by atoms with Crippen molar-refractivity contribution in [1.29, 1.82) is 0 Å².